The van der Waals surface area contributed by atoms with Gasteiger partial charge in [0.15, 0.2) is 7.87 Å². The zero-order chi connectivity index (χ0) is 14.0. The van der Waals surface area contributed by atoms with Crippen LogP contribution in [0.1, 0.15) is 45.3 Å². The molecule has 1 saturated heterocycles. The highest BCUT2D eigenvalue weighted by Crippen LogP contribution is 2.69. The van der Waals surface area contributed by atoms with Gasteiger partial charge in [0.1, 0.15) is 11.8 Å². The fourth-order valence-electron chi connectivity index (χ4n) is 2.64. The second-order valence-electron chi connectivity index (χ2n) is 5.61. The molecule has 1 aromatic carbocycles. The molecule has 3 nitrogen and oxygen atoms in total. The first-order chi connectivity index (χ1) is 8.95. The quantitative estimate of drug-likeness (QED) is 0.797. The Balaban J connectivity index is 2.31. The molecule has 3 atom stereocenters. The Labute approximate surface area is 117 Å². The molecule has 1 fully saturated rings. The lowest BCUT2D eigenvalue weighted by molar-refractivity contribution is -0.220. The predicted molar refractivity (Wildman–Crippen MR) is 78.8 cm³/mol. The van der Waals surface area contributed by atoms with Gasteiger partial charge in [-0.2, -0.15) is 4.67 Å². The van der Waals surface area contributed by atoms with Crippen LogP contribution in [0.5, 0.6) is 0 Å². The van der Waals surface area contributed by atoms with E-state index in [1.165, 1.54) is 0 Å². The third-order valence-corrected chi connectivity index (χ3v) is 7.14. The van der Waals surface area contributed by atoms with Crippen LogP contribution in [0.25, 0.3) is 0 Å². The molecule has 0 N–H and O–H groups in total. The Morgan fingerprint density at radius 2 is 1.89 bits per heavy atom. The van der Waals surface area contributed by atoms with Crippen LogP contribution in [0, 0.1) is 0 Å². The highest BCUT2D eigenvalue weighted by molar-refractivity contribution is 7.62. The zero-order valence-corrected chi connectivity index (χ0v) is 13.1. The zero-order valence-electron chi connectivity index (χ0n) is 12.2. The smallest absolute Gasteiger partial charge is 0.181 e. The molecule has 1 unspecified atom stereocenters. The summed E-state index contributed by atoms with van der Waals surface area (Å²) in [5, 5.41) is 0. The van der Waals surface area contributed by atoms with Gasteiger partial charge in [-0.1, -0.05) is 30.3 Å². The van der Waals surface area contributed by atoms with Crippen LogP contribution in [0.2, 0.25) is 0 Å². The van der Waals surface area contributed by atoms with Crippen molar-refractivity contribution in [3.8, 4) is 0 Å². The monoisotopic (exact) mass is 281 g/mol. The minimum atomic E-state index is -2.82. The van der Waals surface area contributed by atoms with Crippen LogP contribution in [-0.2, 0) is 4.52 Å². The number of benzene rings is 1. The molecule has 0 bridgehead atoms. The lowest BCUT2D eigenvalue weighted by atomic mass is 10.2. The summed E-state index contributed by atoms with van der Waals surface area (Å²) in [5.41, 5.74) is 1.00. The van der Waals surface area contributed by atoms with Crippen LogP contribution in [-0.4, -0.2) is 23.4 Å². The number of nitrogens with zero attached hydrogens (tertiary/aromatic N) is 1. The topological polar surface area (TPSA) is 35.5 Å². The lowest BCUT2D eigenvalue weighted by Crippen LogP contribution is -2.45. The average Bonchev–Trinajstić information content (AvgIpc) is 2.38. The molecule has 1 aromatic rings. The number of rotatable bonds is 3. The molecule has 4 heteroatoms. The molecule has 0 saturated carbocycles. The second kappa shape index (κ2) is 5.88. The van der Waals surface area contributed by atoms with E-state index in [1.54, 1.807) is 0 Å². The third kappa shape index (κ3) is 3.00. The standard InChI is InChI=1S/C15H24NO2P/c1-12(2)16-11-10-13(3)18-19(16,17)14(4)15-8-6-5-7-9-15/h5-9,12-14H,10-11H2,1-4H3/t13-,14+,19?/m0/s1. The molecule has 0 spiro atoms. The maximum Gasteiger partial charge on any atom is 0.181 e. The first-order valence-electron chi connectivity index (χ1n) is 7.05. The number of hydrogen-bond donors (Lipinski definition) is 0. The normalized spacial score (nSPS) is 30.5. The lowest BCUT2D eigenvalue weighted by Gasteiger charge is -2.48. The molecule has 1 aliphatic rings. The fourth-order valence-corrected chi connectivity index (χ4v) is 5.59. The Hall–Kier alpha value is -0.470. The van der Waals surface area contributed by atoms with Gasteiger partial charge in [0.05, 0.1) is 0 Å². The first kappa shape index (κ1) is 14.9. The van der Waals surface area contributed by atoms with Crippen molar-refractivity contribution in [2.45, 2.75) is 51.9 Å². The van der Waals surface area contributed by atoms with E-state index in [9.17, 15) is 4.89 Å². The maximum absolute atomic E-state index is 13.4. The van der Waals surface area contributed by atoms with Crippen molar-refractivity contribution in [2.24, 2.45) is 0 Å². The van der Waals surface area contributed by atoms with Gasteiger partial charge in [0.2, 0.25) is 0 Å². The predicted octanol–water partition coefficient (Wildman–Crippen LogP) is 3.39. The summed E-state index contributed by atoms with van der Waals surface area (Å²) in [5.74, 6) is 0. The van der Waals surface area contributed by atoms with Gasteiger partial charge in [0, 0.05) is 12.6 Å². The molecule has 0 aromatic heterocycles. The van der Waals surface area contributed by atoms with E-state index in [0.717, 1.165) is 18.5 Å². The van der Waals surface area contributed by atoms with E-state index in [-0.39, 0.29) is 17.8 Å². The van der Waals surface area contributed by atoms with Crippen molar-refractivity contribution in [1.29, 1.82) is 0 Å². The van der Waals surface area contributed by atoms with E-state index >= 15 is 0 Å². The van der Waals surface area contributed by atoms with Gasteiger partial charge in [-0.05, 0) is 39.7 Å². The molecule has 0 radical (unpaired) electrons. The van der Waals surface area contributed by atoms with Gasteiger partial charge < -0.3 is 4.89 Å². The van der Waals surface area contributed by atoms with Crippen LogP contribution >= 0.6 is 7.87 Å². The van der Waals surface area contributed by atoms with Crippen molar-refractivity contribution in [3.63, 3.8) is 0 Å². The molecule has 1 aliphatic heterocycles. The van der Waals surface area contributed by atoms with Crippen LogP contribution in [0.4, 0.5) is 0 Å². The van der Waals surface area contributed by atoms with Crippen molar-refractivity contribution in [1.82, 2.24) is 4.67 Å². The van der Waals surface area contributed by atoms with Crippen LogP contribution in [0.3, 0.4) is 0 Å². The highest BCUT2D eigenvalue weighted by Gasteiger charge is 2.48. The summed E-state index contributed by atoms with van der Waals surface area (Å²) in [6, 6.07) is 10.3. The first-order valence-corrected chi connectivity index (χ1v) is 8.70. The molecule has 1 heterocycles. The summed E-state index contributed by atoms with van der Waals surface area (Å²) in [6.07, 6.45) is 1.02. The second-order valence-corrected chi connectivity index (χ2v) is 8.24. The molecule has 2 rings (SSSR count). The Morgan fingerprint density at radius 3 is 2.47 bits per heavy atom. The largest absolute Gasteiger partial charge is 0.641 e. The van der Waals surface area contributed by atoms with E-state index in [4.69, 9.17) is 4.52 Å². The SMILES string of the molecule is CC(C)N1CC[C@H](C)O[P+]1([O-])[C@H](C)c1ccccc1. The molecular weight excluding hydrogens is 257 g/mol. The van der Waals surface area contributed by atoms with Gasteiger partial charge >= 0.3 is 0 Å². The van der Waals surface area contributed by atoms with Gasteiger partial charge in [-0.15, -0.1) is 0 Å². The minimum Gasteiger partial charge on any atom is -0.641 e. The third-order valence-electron chi connectivity index (χ3n) is 3.82. The maximum atomic E-state index is 13.4. The molecule has 106 valence electrons. The Kier molecular flexibility index (Phi) is 4.62. The summed E-state index contributed by atoms with van der Waals surface area (Å²) < 4.78 is 8.01. The molecule has 0 aliphatic carbocycles. The van der Waals surface area contributed by atoms with Gasteiger partial charge in [-0.25, -0.2) is 4.52 Å². The average molecular weight is 281 g/mol. The van der Waals surface area contributed by atoms with Crippen molar-refractivity contribution >= 4 is 7.87 Å². The Bertz CT molecular complexity index is 412. The van der Waals surface area contributed by atoms with E-state index in [2.05, 4.69) is 18.5 Å². The minimum absolute atomic E-state index is 0.0759. The summed E-state index contributed by atoms with van der Waals surface area (Å²) in [7, 11) is -2.82. The van der Waals surface area contributed by atoms with Gasteiger partial charge in [-0.3, -0.25) is 0 Å². The highest BCUT2D eigenvalue weighted by atomic mass is 31.2. The molecular formula is C15H24NO2P. The van der Waals surface area contributed by atoms with E-state index in [1.807, 2.05) is 44.2 Å². The van der Waals surface area contributed by atoms with Crippen molar-refractivity contribution < 1.29 is 9.42 Å². The summed E-state index contributed by atoms with van der Waals surface area (Å²) in [4.78, 5) is 13.4. The summed E-state index contributed by atoms with van der Waals surface area (Å²) in [6.45, 7) is 9.06. The van der Waals surface area contributed by atoms with Crippen LogP contribution in [0.15, 0.2) is 30.3 Å². The molecule has 0 amide bonds. The molecule has 19 heavy (non-hydrogen) atoms. The fraction of sp³-hybridized carbons (Fsp3) is 0.600. The Morgan fingerprint density at radius 1 is 1.26 bits per heavy atom. The van der Waals surface area contributed by atoms with Crippen molar-refractivity contribution in [3.05, 3.63) is 35.9 Å². The van der Waals surface area contributed by atoms with Crippen LogP contribution < -0.4 is 4.89 Å². The van der Waals surface area contributed by atoms with Gasteiger partial charge in [0.25, 0.3) is 0 Å². The number of hydrogen-bond acceptors (Lipinski definition) is 3. The van der Waals surface area contributed by atoms with E-state index < -0.39 is 7.87 Å². The van der Waals surface area contributed by atoms with Crippen molar-refractivity contribution in [2.75, 3.05) is 6.54 Å². The summed E-state index contributed by atoms with van der Waals surface area (Å²) >= 11 is 0. The van der Waals surface area contributed by atoms with E-state index in [0.29, 0.717) is 0 Å².